The van der Waals surface area contributed by atoms with Crippen LogP contribution in [-0.4, -0.2) is 12.8 Å². The molecule has 0 amide bonds. The molecule has 2 N–H and O–H groups in total. The van der Waals surface area contributed by atoms with Crippen molar-refractivity contribution < 1.29 is 9.66 Å². The van der Waals surface area contributed by atoms with E-state index in [0.717, 1.165) is 11.7 Å². The Kier molecular flexibility index (Phi) is 5.12. The maximum atomic E-state index is 10.5. The number of ether oxygens (including phenoxy) is 1. The first-order valence-corrected chi connectivity index (χ1v) is 5.59. The molecule has 1 rings (SSSR count). The van der Waals surface area contributed by atoms with Crippen molar-refractivity contribution in [3.8, 4) is 11.8 Å². The Balaban J connectivity index is 2.80. The van der Waals surface area contributed by atoms with Gasteiger partial charge in [-0.15, -0.1) is 0 Å². The van der Waals surface area contributed by atoms with Gasteiger partial charge in [-0.05, 0) is 29.7 Å². The average Bonchev–Trinajstić information content (AvgIpc) is 2.41. The Morgan fingerprint density at radius 3 is 2.75 bits per heavy atom. The van der Waals surface area contributed by atoms with Crippen molar-refractivity contribution in [2.45, 2.75) is 0 Å². The molecule has 0 fully saturated rings. The number of nitrogens with two attached hydrogens (primary N) is 1. The Labute approximate surface area is 117 Å². The number of nitro groups is 1. The first kappa shape index (κ1) is 15.1. The van der Waals surface area contributed by atoms with Gasteiger partial charge in [0.1, 0.15) is 19.4 Å². The number of benzene rings is 1. The van der Waals surface area contributed by atoms with Crippen LogP contribution in [0, 0.1) is 21.4 Å². The van der Waals surface area contributed by atoms with Crippen molar-refractivity contribution in [3.05, 3.63) is 70.3 Å². The molecule has 0 unspecified atom stereocenters. The second-order valence-corrected chi connectivity index (χ2v) is 3.84. The van der Waals surface area contributed by atoms with Gasteiger partial charge < -0.3 is 10.5 Å². The fraction of sp³-hybridized carbons (Fsp3) is 0. The smallest absolute Gasteiger partial charge is 0.284 e. The fourth-order valence-corrected chi connectivity index (χ4v) is 1.36. The number of nitrogens with zero attached hydrogens (tertiary/aromatic N) is 2. The molecule has 100 valence electrons. The summed E-state index contributed by atoms with van der Waals surface area (Å²) >= 11 is 0. The highest BCUT2D eigenvalue weighted by Gasteiger charge is 2.05. The van der Waals surface area contributed by atoms with Crippen LogP contribution in [0.1, 0.15) is 5.56 Å². The van der Waals surface area contributed by atoms with E-state index < -0.39 is 4.92 Å². The van der Waals surface area contributed by atoms with Gasteiger partial charge in [-0.2, -0.15) is 5.26 Å². The molecule has 1 aromatic rings. The van der Waals surface area contributed by atoms with Gasteiger partial charge in [-0.1, -0.05) is 6.58 Å². The molecule has 0 atom stereocenters. The molecule has 0 heterocycles. The average molecular weight is 269 g/mol. The molecular weight excluding hydrogens is 257 g/mol. The van der Waals surface area contributed by atoms with Crippen LogP contribution in [0.15, 0.2) is 54.6 Å². The van der Waals surface area contributed by atoms with Crippen molar-refractivity contribution in [1.82, 2.24) is 0 Å². The molecule has 0 aliphatic heterocycles. The summed E-state index contributed by atoms with van der Waals surface area (Å²) in [5.74, 6) is 0.747. The van der Waals surface area contributed by atoms with E-state index in [2.05, 4.69) is 6.58 Å². The van der Waals surface area contributed by atoms with E-state index in [1.165, 1.54) is 12.2 Å². The number of hydrogen-bond acceptors (Lipinski definition) is 5. The SMILES string of the molecule is Bc1cc(C#N)ccc1OC(=C)/C=C\C(=C/N)[N+](=O)[O-]. The van der Waals surface area contributed by atoms with E-state index in [1.54, 1.807) is 26.0 Å². The van der Waals surface area contributed by atoms with Crippen molar-refractivity contribution in [3.63, 3.8) is 0 Å². The van der Waals surface area contributed by atoms with E-state index >= 15 is 0 Å². The van der Waals surface area contributed by atoms with Gasteiger partial charge in [0.15, 0.2) is 0 Å². The van der Waals surface area contributed by atoms with Gasteiger partial charge >= 0.3 is 0 Å². The number of rotatable bonds is 5. The van der Waals surface area contributed by atoms with E-state index in [4.69, 9.17) is 15.7 Å². The molecule has 0 aromatic heterocycles. The zero-order chi connectivity index (χ0) is 15.1. The Morgan fingerprint density at radius 1 is 1.55 bits per heavy atom. The Hall–Kier alpha value is -3.01. The third-order valence-electron chi connectivity index (χ3n) is 2.37. The van der Waals surface area contributed by atoms with Gasteiger partial charge in [-0.25, -0.2) is 0 Å². The van der Waals surface area contributed by atoms with Gasteiger partial charge in [0.25, 0.3) is 5.70 Å². The van der Waals surface area contributed by atoms with Crippen molar-refractivity contribution in [2.75, 3.05) is 0 Å². The molecule has 0 aliphatic carbocycles. The monoisotopic (exact) mass is 269 g/mol. The molecule has 1 aromatic carbocycles. The molecule has 0 saturated carbocycles. The lowest BCUT2D eigenvalue weighted by Gasteiger charge is -2.08. The molecule has 0 saturated heterocycles. The largest absolute Gasteiger partial charge is 0.459 e. The lowest BCUT2D eigenvalue weighted by atomic mass is 9.93. The molecule has 0 aliphatic rings. The molecule has 0 bridgehead atoms. The van der Waals surface area contributed by atoms with E-state index in [9.17, 15) is 10.1 Å². The highest BCUT2D eigenvalue weighted by atomic mass is 16.6. The second kappa shape index (κ2) is 6.80. The lowest BCUT2D eigenvalue weighted by molar-refractivity contribution is -0.419. The van der Waals surface area contributed by atoms with Crippen LogP contribution in [0.25, 0.3) is 0 Å². The zero-order valence-corrected chi connectivity index (χ0v) is 10.9. The first-order valence-electron chi connectivity index (χ1n) is 5.59. The van der Waals surface area contributed by atoms with Gasteiger partial charge in [0.2, 0.25) is 0 Å². The van der Waals surface area contributed by atoms with Crippen LogP contribution in [0.4, 0.5) is 0 Å². The summed E-state index contributed by atoms with van der Waals surface area (Å²) in [4.78, 5) is 9.92. The van der Waals surface area contributed by atoms with Crippen LogP contribution in [-0.2, 0) is 0 Å². The molecule has 20 heavy (non-hydrogen) atoms. The van der Waals surface area contributed by atoms with Crippen LogP contribution >= 0.6 is 0 Å². The summed E-state index contributed by atoms with van der Waals surface area (Å²) in [7, 11) is 1.79. The molecule has 7 heteroatoms. The highest BCUT2D eigenvalue weighted by Crippen LogP contribution is 2.12. The predicted octanol–water partition coefficient (Wildman–Crippen LogP) is 0.342. The first-order chi connectivity index (χ1) is 9.47. The predicted molar refractivity (Wildman–Crippen MR) is 77.5 cm³/mol. The highest BCUT2D eigenvalue weighted by molar-refractivity contribution is 6.34. The fourth-order valence-electron chi connectivity index (χ4n) is 1.36. The Bertz CT molecular complexity index is 645. The van der Waals surface area contributed by atoms with Gasteiger partial charge in [0.05, 0.1) is 22.8 Å². The summed E-state index contributed by atoms with van der Waals surface area (Å²) in [5, 5.41) is 19.3. The van der Waals surface area contributed by atoms with Crippen molar-refractivity contribution in [2.24, 2.45) is 5.73 Å². The minimum absolute atomic E-state index is 0.221. The van der Waals surface area contributed by atoms with E-state index in [1.807, 2.05) is 6.07 Å². The quantitative estimate of drug-likeness (QED) is 0.273. The van der Waals surface area contributed by atoms with Gasteiger partial charge in [0, 0.05) is 6.08 Å². The van der Waals surface area contributed by atoms with E-state index in [-0.39, 0.29) is 11.5 Å². The second-order valence-electron chi connectivity index (χ2n) is 3.84. The number of allylic oxidation sites excluding steroid dienone is 2. The zero-order valence-electron chi connectivity index (χ0n) is 10.9. The van der Waals surface area contributed by atoms with Crippen LogP contribution in [0.3, 0.4) is 0 Å². The molecular formula is C13H12BN3O3. The summed E-state index contributed by atoms with van der Waals surface area (Å²) < 4.78 is 5.44. The Morgan fingerprint density at radius 2 is 2.25 bits per heavy atom. The lowest BCUT2D eigenvalue weighted by Crippen LogP contribution is -2.09. The topological polar surface area (TPSA) is 102 Å². The minimum atomic E-state index is -0.614. The van der Waals surface area contributed by atoms with Crippen LogP contribution in [0.2, 0.25) is 0 Å². The van der Waals surface area contributed by atoms with Gasteiger partial charge in [-0.3, -0.25) is 10.1 Å². The number of hydrogen-bond donors (Lipinski definition) is 1. The maximum Gasteiger partial charge on any atom is 0.284 e. The molecule has 0 spiro atoms. The summed E-state index contributed by atoms with van der Waals surface area (Å²) in [5.41, 5.74) is 6.15. The minimum Gasteiger partial charge on any atom is -0.459 e. The number of nitriles is 1. The summed E-state index contributed by atoms with van der Waals surface area (Å²) in [6.07, 6.45) is 3.43. The van der Waals surface area contributed by atoms with Crippen LogP contribution < -0.4 is 15.9 Å². The molecule has 0 radical (unpaired) electrons. The van der Waals surface area contributed by atoms with E-state index in [0.29, 0.717) is 11.3 Å². The summed E-state index contributed by atoms with van der Waals surface area (Å²) in [6.45, 7) is 3.63. The van der Waals surface area contributed by atoms with Crippen LogP contribution in [0.5, 0.6) is 5.75 Å². The maximum absolute atomic E-state index is 10.5. The standard InChI is InChI=1S/C13H12BN3O3/c1-9(2-4-11(8-16)17(18)19)20-13-5-3-10(7-15)6-12(13)14/h2-6,8H,1,14,16H2/b4-2-,11-8+. The third kappa shape index (κ3) is 4.03. The van der Waals surface area contributed by atoms with Crippen molar-refractivity contribution >= 4 is 13.3 Å². The van der Waals surface area contributed by atoms with Crippen molar-refractivity contribution in [1.29, 1.82) is 5.26 Å². The normalized spacial score (nSPS) is 11.1. The third-order valence-corrected chi connectivity index (χ3v) is 2.37. The molecule has 6 nitrogen and oxygen atoms in total. The summed E-state index contributed by atoms with van der Waals surface area (Å²) in [6, 6.07) is 6.95.